The number of hydrogen-bond acceptors (Lipinski definition) is 6. The molecule has 2 aromatic rings. The topological polar surface area (TPSA) is 159 Å². The summed E-state index contributed by atoms with van der Waals surface area (Å²) < 4.78 is 8.92. The predicted molar refractivity (Wildman–Crippen MR) is 154 cm³/mol. The van der Waals surface area contributed by atoms with Gasteiger partial charge in [-0.15, -0.1) is 0 Å². The molecule has 33 heavy (non-hydrogen) atoms. The first-order valence-electron chi connectivity index (χ1n) is 9.23. The van der Waals surface area contributed by atoms with Crippen LogP contribution in [0.15, 0.2) is 24.3 Å². The number of benzene rings is 2. The fourth-order valence-electron chi connectivity index (χ4n) is 2.70. The molecule has 0 saturated heterocycles. The Morgan fingerprint density at radius 3 is 2.00 bits per heavy atom. The van der Waals surface area contributed by atoms with Crippen molar-refractivity contribution < 1.29 is 34.4 Å². The molecule has 2 rings (SSSR count). The third-order valence-corrected chi connectivity index (χ3v) is 7.57. The number of nitrogens with two attached hydrogens (primary N) is 1. The minimum atomic E-state index is -1.33. The van der Waals surface area contributed by atoms with Crippen LogP contribution in [-0.4, -0.2) is 45.2 Å². The number of phenols is 1. The molecule has 0 heterocycles. The molecule has 2 aromatic carbocycles. The molecule has 0 fully saturated rings. The Morgan fingerprint density at radius 1 is 0.970 bits per heavy atom. The van der Waals surface area contributed by atoms with Crippen molar-refractivity contribution in [2.75, 3.05) is 0 Å². The summed E-state index contributed by atoms with van der Waals surface area (Å²) in [6.45, 7) is 0. The van der Waals surface area contributed by atoms with E-state index in [1.807, 2.05) is 57.3 Å². The van der Waals surface area contributed by atoms with Gasteiger partial charge in [-0.1, -0.05) is 0 Å². The molecule has 2 atom stereocenters. The standard InChI is InChI=1S/C20H18I4N2O7/c21-10-6-9(7-11(22)17(10)29)33-18-12(23)3-8(4-13(18)24)5-14(25)19(30)26-15(20(31)32)1-2-16(27)28/h3-4,6-7,14-15,29H,1-2,5,25H2,(H,26,30)(H,27,28)(H,31,32)/t14-,15-/m0/s1. The van der Waals surface area contributed by atoms with E-state index in [4.69, 9.17) is 15.6 Å². The average molecular weight is 906 g/mol. The van der Waals surface area contributed by atoms with Crippen molar-refractivity contribution in [2.24, 2.45) is 5.73 Å². The Labute approximate surface area is 243 Å². The Kier molecular flexibility index (Phi) is 11.1. The van der Waals surface area contributed by atoms with Crippen LogP contribution in [0.5, 0.6) is 17.2 Å². The van der Waals surface area contributed by atoms with E-state index in [9.17, 15) is 24.6 Å². The van der Waals surface area contributed by atoms with Crippen LogP contribution in [0.4, 0.5) is 0 Å². The van der Waals surface area contributed by atoms with Gasteiger partial charge < -0.3 is 31.1 Å². The van der Waals surface area contributed by atoms with Crippen LogP contribution in [0.1, 0.15) is 18.4 Å². The van der Waals surface area contributed by atoms with Crippen molar-refractivity contribution in [2.45, 2.75) is 31.3 Å². The third kappa shape index (κ3) is 8.49. The van der Waals surface area contributed by atoms with Crippen molar-refractivity contribution in [3.63, 3.8) is 0 Å². The first kappa shape index (κ1) is 28.6. The second-order valence-electron chi connectivity index (χ2n) is 6.87. The minimum Gasteiger partial charge on any atom is -0.506 e. The number of halogens is 4. The molecule has 0 radical (unpaired) electrons. The molecule has 0 aliphatic heterocycles. The van der Waals surface area contributed by atoms with Gasteiger partial charge in [0.15, 0.2) is 5.75 Å². The number of rotatable bonds is 10. The molecule has 0 aliphatic rings. The van der Waals surface area contributed by atoms with Gasteiger partial charge >= 0.3 is 11.9 Å². The van der Waals surface area contributed by atoms with Crippen molar-refractivity contribution in [1.29, 1.82) is 0 Å². The van der Waals surface area contributed by atoms with Crippen molar-refractivity contribution in [3.8, 4) is 17.2 Å². The van der Waals surface area contributed by atoms with E-state index in [1.165, 1.54) is 0 Å². The summed E-state index contributed by atoms with van der Waals surface area (Å²) in [5.74, 6) is -1.75. The first-order valence-corrected chi connectivity index (χ1v) is 13.5. The quantitative estimate of drug-likeness (QED) is 0.225. The van der Waals surface area contributed by atoms with Crippen LogP contribution >= 0.6 is 90.4 Å². The highest BCUT2D eigenvalue weighted by atomic mass is 127. The maximum absolute atomic E-state index is 12.4. The Balaban J connectivity index is 2.11. The minimum absolute atomic E-state index is 0.151. The second kappa shape index (κ2) is 12.9. The highest BCUT2D eigenvalue weighted by molar-refractivity contribution is 14.1. The number of aliphatic carboxylic acids is 2. The monoisotopic (exact) mass is 906 g/mol. The largest absolute Gasteiger partial charge is 0.506 e. The number of amides is 1. The zero-order chi connectivity index (χ0) is 24.9. The van der Waals surface area contributed by atoms with Gasteiger partial charge in [0.25, 0.3) is 0 Å². The van der Waals surface area contributed by atoms with Gasteiger partial charge in [-0.05, 0) is 133 Å². The molecule has 0 aromatic heterocycles. The fourth-order valence-corrected chi connectivity index (χ4v) is 6.53. The highest BCUT2D eigenvalue weighted by Gasteiger charge is 2.24. The van der Waals surface area contributed by atoms with Crippen molar-refractivity contribution >= 4 is 108 Å². The van der Waals surface area contributed by atoms with Crippen LogP contribution in [0.25, 0.3) is 0 Å². The molecule has 1 amide bonds. The van der Waals surface area contributed by atoms with Gasteiger partial charge in [-0.25, -0.2) is 4.79 Å². The van der Waals surface area contributed by atoms with E-state index < -0.39 is 29.9 Å². The average Bonchev–Trinajstić information content (AvgIpc) is 2.71. The molecule has 178 valence electrons. The molecule has 0 spiro atoms. The van der Waals surface area contributed by atoms with Crippen LogP contribution in [-0.2, 0) is 20.8 Å². The lowest BCUT2D eigenvalue weighted by atomic mass is 10.0. The summed E-state index contributed by atoms with van der Waals surface area (Å²) in [6.07, 6.45) is -0.470. The fraction of sp³-hybridized carbons (Fsp3) is 0.250. The van der Waals surface area contributed by atoms with Crippen molar-refractivity contribution in [1.82, 2.24) is 5.32 Å². The van der Waals surface area contributed by atoms with Gasteiger partial charge in [0.1, 0.15) is 17.5 Å². The number of carbonyl (C=O) groups excluding carboxylic acids is 1. The molecule has 13 heteroatoms. The Morgan fingerprint density at radius 2 is 1.52 bits per heavy atom. The van der Waals surface area contributed by atoms with E-state index in [2.05, 4.69) is 50.5 Å². The normalized spacial score (nSPS) is 12.6. The smallest absolute Gasteiger partial charge is 0.326 e. The summed E-state index contributed by atoms with van der Waals surface area (Å²) in [5, 5.41) is 30.2. The molecule has 0 aliphatic carbocycles. The number of carboxylic acid groups (broad SMARTS) is 2. The number of nitrogens with one attached hydrogen (secondary N) is 1. The van der Waals surface area contributed by atoms with Crippen LogP contribution < -0.4 is 15.8 Å². The molecular formula is C20H18I4N2O7. The number of carbonyl (C=O) groups is 3. The van der Waals surface area contributed by atoms with Gasteiger partial charge in [0.2, 0.25) is 5.91 Å². The highest BCUT2D eigenvalue weighted by Crippen LogP contribution is 2.36. The molecule has 0 bridgehead atoms. The number of hydrogen-bond donors (Lipinski definition) is 5. The van der Waals surface area contributed by atoms with Gasteiger partial charge in [0, 0.05) is 6.42 Å². The number of carboxylic acids is 2. The number of phenolic OH excluding ortho intramolecular Hbond substituents is 1. The second-order valence-corrected chi connectivity index (χ2v) is 11.5. The third-order valence-electron chi connectivity index (χ3n) is 4.32. The first-order chi connectivity index (χ1) is 15.4. The summed E-state index contributed by atoms with van der Waals surface area (Å²) in [6, 6.07) is 4.74. The lowest BCUT2D eigenvalue weighted by Crippen LogP contribution is -2.49. The predicted octanol–water partition coefficient (Wildman–Crippen LogP) is 3.91. The van der Waals surface area contributed by atoms with Gasteiger partial charge in [-0.3, -0.25) is 9.59 Å². The van der Waals surface area contributed by atoms with Crippen LogP contribution in [0.2, 0.25) is 0 Å². The summed E-state index contributed by atoms with van der Waals surface area (Å²) >= 11 is 8.28. The Bertz CT molecular complexity index is 1030. The Hall–Kier alpha value is -0.670. The van der Waals surface area contributed by atoms with E-state index in [0.29, 0.717) is 18.6 Å². The summed E-state index contributed by atoms with van der Waals surface area (Å²) in [4.78, 5) is 34.4. The van der Waals surface area contributed by atoms with E-state index in [0.717, 1.165) is 12.7 Å². The lowest BCUT2D eigenvalue weighted by Gasteiger charge is -2.18. The molecule has 0 unspecified atom stereocenters. The SMILES string of the molecule is N[C@@H](Cc1cc(I)c(Oc2cc(I)c(O)c(I)c2)c(I)c1)C(=O)N[C@@H](CCC(=O)O)C(=O)O. The van der Waals surface area contributed by atoms with Crippen LogP contribution in [0.3, 0.4) is 0 Å². The number of ether oxygens (including phenoxy) is 1. The summed E-state index contributed by atoms with van der Waals surface area (Å²) in [5.41, 5.74) is 6.74. The van der Waals surface area contributed by atoms with E-state index >= 15 is 0 Å². The van der Waals surface area contributed by atoms with E-state index in [-0.39, 0.29) is 25.0 Å². The summed E-state index contributed by atoms with van der Waals surface area (Å²) in [7, 11) is 0. The molecular weight excluding hydrogens is 888 g/mol. The van der Waals surface area contributed by atoms with Crippen molar-refractivity contribution in [3.05, 3.63) is 44.1 Å². The zero-order valence-corrected chi connectivity index (χ0v) is 25.3. The molecule has 6 N–H and O–H groups in total. The van der Waals surface area contributed by atoms with Gasteiger partial charge in [0.05, 0.1) is 20.3 Å². The zero-order valence-electron chi connectivity index (χ0n) is 16.6. The van der Waals surface area contributed by atoms with Gasteiger partial charge in [-0.2, -0.15) is 0 Å². The maximum Gasteiger partial charge on any atom is 0.326 e. The molecule has 0 saturated carbocycles. The maximum atomic E-state index is 12.4. The lowest BCUT2D eigenvalue weighted by molar-refractivity contribution is -0.143. The van der Waals surface area contributed by atoms with Crippen LogP contribution in [0, 0.1) is 14.3 Å². The van der Waals surface area contributed by atoms with E-state index in [1.54, 1.807) is 12.1 Å². The number of aromatic hydroxyl groups is 1. The molecule has 9 nitrogen and oxygen atoms in total.